The third kappa shape index (κ3) is 3.47. The number of amides is 2. The van der Waals surface area contributed by atoms with E-state index in [1.54, 1.807) is 17.0 Å². The molecule has 0 unspecified atom stereocenters. The first-order chi connectivity index (χ1) is 9.10. The van der Waals surface area contributed by atoms with E-state index in [0.717, 1.165) is 5.69 Å². The average Bonchev–Trinajstić information content (AvgIpc) is 2.78. The van der Waals surface area contributed by atoms with E-state index in [-0.39, 0.29) is 17.7 Å². The molecule has 1 N–H and O–H groups in total. The van der Waals surface area contributed by atoms with Gasteiger partial charge in [0.1, 0.15) is 0 Å². The van der Waals surface area contributed by atoms with Crippen LogP contribution in [0.4, 0.5) is 5.69 Å². The van der Waals surface area contributed by atoms with E-state index < -0.39 is 0 Å². The number of carbonyl (C=O) groups is 2. The predicted molar refractivity (Wildman–Crippen MR) is 75.2 cm³/mol. The van der Waals surface area contributed by atoms with Crippen LogP contribution in [0.25, 0.3) is 0 Å². The van der Waals surface area contributed by atoms with Crippen molar-refractivity contribution in [2.75, 3.05) is 18.0 Å². The highest BCUT2D eigenvalue weighted by molar-refractivity contribution is 6.30. The zero-order valence-corrected chi connectivity index (χ0v) is 11.6. The highest BCUT2D eigenvalue weighted by Gasteiger charge is 2.30. The second-order valence-corrected chi connectivity index (χ2v) is 5.14. The molecule has 4 nitrogen and oxygen atoms in total. The van der Waals surface area contributed by atoms with E-state index in [9.17, 15) is 9.59 Å². The SMILES string of the molecule is CCC(=O)NC[C@@H]1CC(=O)N(c2ccc(Cl)cc2)C1. The Bertz CT molecular complexity index is 473. The molecule has 19 heavy (non-hydrogen) atoms. The summed E-state index contributed by atoms with van der Waals surface area (Å²) in [6.07, 6.45) is 0.953. The number of benzene rings is 1. The number of nitrogens with one attached hydrogen (secondary N) is 1. The number of halogens is 1. The molecule has 1 heterocycles. The maximum absolute atomic E-state index is 12.0. The molecule has 1 aliphatic rings. The maximum Gasteiger partial charge on any atom is 0.227 e. The van der Waals surface area contributed by atoms with Gasteiger partial charge >= 0.3 is 0 Å². The summed E-state index contributed by atoms with van der Waals surface area (Å²) in [5.41, 5.74) is 0.860. The minimum Gasteiger partial charge on any atom is -0.356 e. The van der Waals surface area contributed by atoms with Crippen LogP contribution in [-0.2, 0) is 9.59 Å². The van der Waals surface area contributed by atoms with Gasteiger partial charge in [-0.1, -0.05) is 18.5 Å². The van der Waals surface area contributed by atoms with Gasteiger partial charge in [0.25, 0.3) is 0 Å². The summed E-state index contributed by atoms with van der Waals surface area (Å²) in [7, 11) is 0. The van der Waals surface area contributed by atoms with E-state index in [1.807, 2.05) is 19.1 Å². The molecule has 1 saturated heterocycles. The van der Waals surface area contributed by atoms with Gasteiger partial charge in [0.05, 0.1) is 0 Å². The molecule has 0 aliphatic carbocycles. The molecular formula is C14H17ClN2O2. The number of carbonyl (C=O) groups excluding carboxylic acids is 2. The molecule has 0 radical (unpaired) electrons. The highest BCUT2D eigenvalue weighted by atomic mass is 35.5. The van der Waals surface area contributed by atoms with E-state index in [4.69, 9.17) is 11.6 Å². The van der Waals surface area contributed by atoms with Crippen molar-refractivity contribution < 1.29 is 9.59 Å². The second kappa shape index (κ2) is 6.06. The molecule has 1 fully saturated rings. The Morgan fingerprint density at radius 2 is 2.11 bits per heavy atom. The van der Waals surface area contributed by atoms with Gasteiger partial charge in [-0.15, -0.1) is 0 Å². The Kier molecular flexibility index (Phi) is 4.43. The van der Waals surface area contributed by atoms with Crippen molar-refractivity contribution in [3.05, 3.63) is 29.3 Å². The molecule has 1 atom stereocenters. The Labute approximate surface area is 117 Å². The first-order valence-electron chi connectivity index (χ1n) is 6.42. The Morgan fingerprint density at radius 3 is 2.74 bits per heavy atom. The Balaban J connectivity index is 1.96. The summed E-state index contributed by atoms with van der Waals surface area (Å²) < 4.78 is 0. The maximum atomic E-state index is 12.0. The van der Waals surface area contributed by atoms with Crippen LogP contribution in [0.2, 0.25) is 5.02 Å². The number of hydrogen-bond donors (Lipinski definition) is 1. The summed E-state index contributed by atoms with van der Waals surface area (Å²) in [5, 5.41) is 3.49. The fourth-order valence-corrected chi connectivity index (χ4v) is 2.30. The summed E-state index contributed by atoms with van der Waals surface area (Å²) in [6.45, 7) is 3.02. The summed E-state index contributed by atoms with van der Waals surface area (Å²) in [4.78, 5) is 24.9. The third-order valence-electron chi connectivity index (χ3n) is 3.25. The molecule has 1 aliphatic heterocycles. The van der Waals surface area contributed by atoms with Gasteiger partial charge in [0.15, 0.2) is 0 Å². The van der Waals surface area contributed by atoms with Crippen LogP contribution in [0.15, 0.2) is 24.3 Å². The van der Waals surface area contributed by atoms with Crippen molar-refractivity contribution >= 4 is 29.1 Å². The Morgan fingerprint density at radius 1 is 1.42 bits per heavy atom. The van der Waals surface area contributed by atoms with Gasteiger partial charge < -0.3 is 10.2 Å². The minimum absolute atomic E-state index is 0.0254. The zero-order valence-electron chi connectivity index (χ0n) is 10.9. The number of rotatable bonds is 4. The van der Waals surface area contributed by atoms with Crippen molar-refractivity contribution in [2.45, 2.75) is 19.8 Å². The van der Waals surface area contributed by atoms with E-state index >= 15 is 0 Å². The van der Waals surface area contributed by atoms with Gasteiger partial charge in [0.2, 0.25) is 11.8 Å². The monoisotopic (exact) mass is 280 g/mol. The van der Waals surface area contributed by atoms with E-state index in [2.05, 4.69) is 5.32 Å². The molecule has 102 valence electrons. The quantitative estimate of drug-likeness (QED) is 0.919. The van der Waals surface area contributed by atoms with E-state index in [1.165, 1.54) is 0 Å². The highest BCUT2D eigenvalue weighted by Crippen LogP contribution is 2.25. The number of hydrogen-bond acceptors (Lipinski definition) is 2. The number of nitrogens with zero attached hydrogens (tertiary/aromatic N) is 1. The Hall–Kier alpha value is -1.55. The van der Waals surface area contributed by atoms with Crippen LogP contribution < -0.4 is 10.2 Å². The lowest BCUT2D eigenvalue weighted by Gasteiger charge is -2.17. The van der Waals surface area contributed by atoms with Crippen LogP contribution in [0.1, 0.15) is 19.8 Å². The third-order valence-corrected chi connectivity index (χ3v) is 3.50. The molecule has 2 rings (SSSR count). The molecule has 0 saturated carbocycles. The van der Waals surface area contributed by atoms with Gasteiger partial charge in [-0.2, -0.15) is 0 Å². The average molecular weight is 281 g/mol. The minimum atomic E-state index is 0.0254. The zero-order chi connectivity index (χ0) is 13.8. The molecule has 0 aromatic heterocycles. The van der Waals surface area contributed by atoms with Crippen LogP contribution in [-0.4, -0.2) is 24.9 Å². The fourth-order valence-electron chi connectivity index (χ4n) is 2.17. The van der Waals surface area contributed by atoms with Crippen LogP contribution in [0.5, 0.6) is 0 Å². The number of anilines is 1. The molecule has 2 amide bonds. The van der Waals surface area contributed by atoms with Gasteiger partial charge in [0, 0.05) is 42.6 Å². The van der Waals surface area contributed by atoms with Crippen molar-refractivity contribution in [3.8, 4) is 0 Å². The lowest BCUT2D eigenvalue weighted by molar-refractivity contribution is -0.121. The predicted octanol–water partition coefficient (Wildman–Crippen LogP) is 2.22. The molecule has 1 aromatic carbocycles. The summed E-state index contributed by atoms with van der Waals surface area (Å²) >= 11 is 5.83. The van der Waals surface area contributed by atoms with Gasteiger partial charge in [-0.05, 0) is 24.3 Å². The first kappa shape index (κ1) is 13.9. The lowest BCUT2D eigenvalue weighted by Crippen LogP contribution is -2.30. The van der Waals surface area contributed by atoms with Gasteiger partial charge in [-0.3, -0.25) is 9.59 Å². The second-order valence-electron chi connectivity index (χ2n) is 4.71. The van der Waals surface area contributed by atoms with Gasteiger partial charge in [-0.25, -0.2) is 0 Å². The normalized spacial score (nSPS) is 18.7. The van der Waals surface area contributed by atoms with Crippen molar-refractivity contribution in [3.63, 3.8) is 0 Å². The standard InChI is InChI=1S/C14H17ClN2O2/c1-2-13(18)16-8-10-7-14(19)17(9-10)12-5-3-11(15)4-6-12/h3-6,10H,2,7-9H2,1H3,(H,16,18)/t10-/m0/s1. The van der Waals surface area contributed by atoms with Crippen LogP contribution in [0, 0.1) is 5.92 Å². The van der Waals surface area contributed by atoms with Crippen LogP contribution >= 0.6 is 11.6 Å². The van der Waals surface area contributed by atoms with Crippen molar-refractivity contribution in [1.29, 1.82) is 0 Å². The molecule has 5 heteroatoms. The fraction of sp³-hybridized carbons (Fsp3) is 0.429. The molecule has 0 spiro atoms. The topological polar surface area (TPSA) is 49.4 Å². The smallest absolute Gasteiger partial charge is 0.227 e. The first-order valence-corrected chi connectivity index (χ1v) is 6.80. The summed E-state index contributed by atoms with van der Waals surface area (Å²) in [5.74, 6) is 0.300. The molecule has 0 bridgehead atoms. The molecule has 1 aromatic rings. The lowest BCUT2D eigenvalue weighted by atomic mass is 10.1. The van der Waals surface area contributed by atoms with Crippen LogP contribution in [0.3, 0.4) is 0 Å². The summed E-state index contributed by atoms with van der Waals surface area (Å²) in [6, 6.07) is 7.23. The molecular weight excluding hydrogens is 264 g/mol. The van der Waals surface area contributed by atoms with E-state index in [0.29, 0.717) is 31.0 Å². The largest absolute Gasteiger partial charge is 0.356 e. The van der Waals surface area contributed by atoms with Crippen molar-refractivity contribution in [2.24, 2.45) is 5.92 Å². The van der Waals surface area contributed by atoms with Crippen molar-refractivity contribution in [1.82, 2.24) is 5.32 Å².